The van der Waals surface area contributed by atoms with Crippen molar-refractivity contribution in [1.29, 1.82) is 0 Å². The van der Waals surface area contributed by atoms with Gasteiger partial charge in [0.15, 0.2) is 0 Å². The Balaban J connectivity index is 1.75. The Morgan fingerprint density at radius 1 is 1.43 bits per heavy atom. The summed E-state index contributed by atoms with van der Waals surface area (Å²) in [6.07, 6.45) is 4.34. The lowest BCUT2D eigenvalue weighted by Crippen LogP contribution is -2.39. The third kappa shape index (κ3) is 1.83. The lowest BCUT2D eigenvalue weighted by molar-refractivity contribution is -0.149. The van der Waals surface area contributed by atoms with Crippen LogP contribution in [0, 0.1) is 11.8 Å². The first-order valence-electron chi connectivity index (χ1n) is 7.95. The Labute approximate surface area is 134 Å². The molecule has 2 saturated heterocycles. The third-order valence-electron chi connectivity index (χ3n) is 5.24. The lowest BCUT2D eigenvalue weighted by Gasteiger charge is -2.23. The average Bonchev–Trinajstić information content (AvgIpc) is 3.22. The second-order valence-corrected chi connectivity index (χ2v) is 6.33. The number of hydrogen-bond donors (Lipinski definition) is 0. The monoisotopic (exact) mass is 313 g/mol. The number of hydrogen-bond acceptors (Lipinski definition) is 4. The highest BCUT2D eigenvalue weighted by molar-refractivity contribution is 6.03. The second kappa shape index (κ2) is 4.93. The number of esters is 1. The summed E-state index contributed by atoms with van der Waals surface area (Å²) >= 11 is 0. The van der Waals surface area contributed by atoms with Gasteiger partial charge in [-0.15, -0.1) is 0 Å². The smallest absolute Gasteiger partial charge is 0.312 e. The van der Waals surface area contributed by atoms with E-state index in [1.165, 1.54) is 7.11 Å². The number of rotatable bonds is 3. The molecule has 5 nitrogen and oxygen atoms in total. The quantitative estimate of drug-likeness (QED) is 0.630. The van der Waals surface area contributed by atoms with Gasteiger partial charge in [-0.3, -0.25) is 9.59 Å². The summed E-state index contributed by atoms with van der Waals surface area (Å²) in [5.41, 5.74) is 1.33. The van der Waals surface area contributed by atoms with Gasteiger partial charge in [0.05, 0.1) is 25.7 Å². The van der Waals surface area contributed by atoms with Crippen molar-refractivity contribution in [3.63, 3.8) is 0 Å². The molecular weight excluding hydrogens is 294 g/mol. The number of fused-ring (bicyclic) bond motifs is 1. The van der Waals surface area contributed by atoms with Crippen LogP contribution in [0.1, 0.15) is 12.5 Å². The van der Waals surface area contributed by atoms with Gasteiger partial charge in [0.1, 0.15) is 11.5 Å². The van der Waals surface area contributed by atoms with E-state index in [-0.39, 0.29) is 18.0 Å². The van der Waals surface area contributed by atoms with E-state index in [0.29, 0.717) is 6.54 Å². The number of carbonyl (C=O) groups excluding carboxylic acids is 2. The molecule has 2 bridgehead atoms. The highest BCUT2D eigenvalue weighted by atomic mass is 16.5. The van der Waals surface area contributed by atoms with E-state index in [2.05, 4.69) is 6.92 Å². The highest BCUT2D eigenvalue weighted by Crippen LogP contribution is 2.53. The topological polar surface area (TPSA) is 55.8 Å². The third-order valence-corrected chi connectivity index (χ3v) is 5.24. The van der Waals surface area contributed by atoms with Crippen molar-refractivity contribution in [3.05, 3.63) is 42.0 Å². The largest absolute Gasteiger partial charge is 0.469 e. The van der Waals surface area contributed by atoms with Crippen molar-refractivity contribution in [3.8, 4) is 0 Å². The maximum atomic E-state index is 13.1. The molecule has 0 radical (unpaired) electrons. The molecule has 4 atom stereocenters. The van der Waals surface area contributed by atoms with E-state index in [4.69, 9.17) is 9.47 Å². The molecule has 2 fully saturated rings. The molecule has 1 aromatic rings. The van der Waals surface area contributed by atoms with Crippen molar-refractivity contribution in [1.82, 2.24) is 0 Å². The maximum Gasteiger partial charge on any atom is 0.312 e. The zero-order valence-electron chi connectivity index (χ0n) is 13.2. The van der Waals surface area contributed by atoms with Gasteiger partial charge < -0.3 is 14.4 Å². The van der Waals surface area contributed by atoms with Gasteiger partial charge in [0.25, 0.3) is 0 Å². The van der Waals surface area contributed by atoms with E-state index in [1.54, 1.807) is 4.90 Å². The molecule has 0 aromatic heterocycles. The number of anilines is 1. The van der Waals surface area contributed by atoms with Crippen molar-refractivity contribution < 1.29 is 19.1 Å². The van der Waals surface area contributed by atoms with E-state index >= 15 is 0 Å². The fourth-order valence-electron chi connectivity index (χ4n) is 4.18. The molecule has 3 heterocycles. The Bertz CT molecular complexity index is 713. The molecule has 0 aliphatic carbocycles. The number of nitrogens with zero attached hydrogens (tertiary/aromatic N) is 1. The molecule has 3 aliphatic rings. The summed E-state index contributed by atoms with van der Waals surface area (Å²) in [6.45, 7) is 2.52. The van der Waals surface area contributed by atoms with Crippen molar-refractivity contribution in [2.45, 2.75) is 25.0 Å². The van der Waals surface area contributed by atoms with Crippen LogP contribution >= 0.6 is 0 Å². The fraction of sp³-hybridized carbons (Fsp3) is 0.444. The van der Waals surface area contributed by atoms with Crippen molar-refractivity contribution >= 4 is 17.6 Å². The van der Waals surface area contributed by atoms with Gasteiger partial charge in [0.2, 0.25) is 5.91 Å². The lowest BCUT2D eigenvalue weighted by atomic mass is 9.77. The second-order valence-electron chi connectivity index (χ2n) is 6.33. The fourth-order valence-corrected chi connectivity index (χ4v) is 4.18. The number of benzene rings is 1. The predicted molar refractivity (Wildman–Crippen MR) is 83.9 cm³/mol. The van der Waals surface area contributed by atoms with Gasteiger partial charge in [-0.2, -0.15) is 0 Å². The van der Waals surface area contributed by atoms with Crippen LogP contribution in [0.4, 0.5) is 5.69 Å². The first kappa shape index (κ1) is 14.5. The number of ether oxygens (including phenoxy) is 2. The van der Waals surface area contributed by atoms with Crippen molar-refractivity contribution in [2.24, 2.45) is 11.8 Å². The van der Waals surface area contributed by atoms with Crippen LogP contribution in [0.2, 0.25) is 0 Å². The minimum Gasteiger partial charge on any atom is -0.469 e. The first-order valence-corrected chi connectivity index (χ1v) is 7.95. The van der Waals surface area contributed by atoms with Crippen LogP contribution in [-0.4, -0.2) is 37.2 Å². The Morgan fingerprint density at radius 2 is 2.22 bits per heavy atom. The minimum absolute atomic E-state index is 0.0480. The van der Waals surface area contributed by atoms with Crippen LogP contribution in [-0.2, 0) is 25.5 Å². The number of carbonyl (C=O) groups is 2. The minimum atomic E-state index is -0.693. The van der Waals surface area contributed by atoms with Crippen LogP contribution < -0.4 is 4.90 Å². The average molecular weight is 313 g/mol. The summed E-state index contributed by atoms with van der Waals surface area (Å²) in [5.74, 6) is -1.45. The van der Waals surface area contributed by atoms with Crippen LogP contribution in [0.3, 0.4) is 0 Å². The van der Waals surface area contributed by atoms with Crippen LogP contribution in [0.5, 0.6) is 0 Å². The predicted octanol–water partition coefficient (Wildman–Crippen LogP) is 1.71. The van der Waals surface area contributed by atoms with E-state index in [9.17, 15) is 9.59 Å². The van der Waals surface area contributed by atoms with Gasteiger partial charge in [-0.1, -0.05) is 37.3 Å². The Kier molecular flexibility index (Phi) is 3.10. The van der Waals surface area contributed by atoms with E-state index in [0.717, 1.165) is 17.7 Å². The molecule has 4 rings (SSSR count). The molecule has 0 unspecified atom stereocenters. The molecule has 23 heavy (non-hydrogen) atoms. The molecule has 3 aliphatic heterocycles. The Hall–Kier alpha value is -2.14. The van der Waals surface area contributed by atoms with E-state index < -0.39 is 17.4 Å². The number of para-hydroxylation sites is 1. The van der Waals surface area contributed by atoms with Crippen molar-refractivity contribution in [2.75, 3.05) is 18.6 Å². The highest BCUT2D eigenvalue weighted by Gasteiger charge is 2.67. The van der Waals surface area contributed by atoms with Gasteiger partial charge in [-0.05, 0) is 18.1 Å². The molecule has 0 saturated carbocycles. The van der Waals surface area contributed by atoms with Crippen LogP contribution in [0.15, 0.2) is 36.4 Å². The summed E-state index contributed by atoms with van der Waals surface area (Å²) < 4.78 is 10.9. The first-order chi connectivity index (χ1) is 11.1. The molecular formula is C18H19NO4. The molecule has 0 N–H and O–H groups in total. The van der Waals surface area contributed by atoms with Gasteiger partial charge in [-0.25, -0.2) is 0 Å². The Morgan fingerprint density at radius 3 is 2.96 bits per heavy atom. The molecule has 120 valence electrons. The van der Waals surface area contributed by atoms with Gasteiger partial charge >= 0.3 is 5.97 Å². The maximum absolute atomic E-state index is 13.1. The summed E-state index contributed by atoms with van der Waals surface area (Å²) in [7, 11) is 1.36. The number of amides is 1. The molecule has 5 heteroatoms. The molecule has 1 spiro atoms. The SMILES string of the molecule is CCc1ccccc1N1C[C@@]23C=C[C@@H](O2)[C@H](C(=O)OC)[C@H]3C1=O. The summed E-state index contributed by atoms with van der Waals surface area (Å²) in [4.78, 5) is 27.0. The summed E-state index contributed by atoms with van der Waals surface area (Å²) in [5, 5.41) is 0. The standard InChI is InChI=1S/C18H19NO4/c1-3-11-6-4-5-7-12(11)19-10-18-9-8-13(23-18)14(17(21)22-2)15(18)16(19)20/h4-9,13-15H,3,10H2,1-2H3/t13-,14+,15+,18-/m1/s1. The summed E-state index contributed by atoms with van der Waals surface area (Å²) in [6, 6.07) is 7.89. The zero-order valence-corrected chi connectivity index (χ0v) is 13.2. The van der Waals surface area contributed by atoms with Crippen LogP contribution in [0.25, 0.3) is 0 Å². The molecule has 1 amide bonds. The number of aryl methyl sites for hydroxylation is 1. The van der Waals surface area contributed by atoms with E-state index in [1.807, 2.05) is 36.4 Å². The number of methoxy groups -OCH3 is 1. The van der Waals surface area contributed by atoms with Gasteiger partial charge in [0, 0.05) is 5.69 Å². The zero-order chi connectivity index (χ0) is 16.2. The normalized spacial score (nSPS) is 34.1. The molecule has 1 aromatic carbocycles.